The van der Waals surface area contributed by atoms with Crippen molar-refractivity contribution >= 4 is 0 Å². The van der Waals surface area contributed by atoms with Gasteiger partial charge in [-0.25, -0.2) is 0 Å². The van der Waals surface area contributed by atoms with Gasteiger partial charge in [-0.05, 0) is 20.1 Å². The maximum absolute atomic E-state index is 8.13. The predicted molar refractivity (Wildman–Crippen MR) is 45.2 cm³/mol. The Labute approximate surface area is 63.8 Å². The Kier molecular flexibility index (Phi) is 20.0. The van der Waals surface area contributed by atoms with Crippen molar-refractivity contribution in [2.45, 2.75) is 13.8 Å². The Morgan fingerprint density at radius 3 is 1.80 bits per heavy atom. The predicted octanol–water partition coefficient (Wildman–Crippen LogP) is -0.186. The van der Waals surface area contributed by atoms with Crippen LogP contribution in [0, 0.1) is 0 Å². The molecular formula is C7H20N2O. The number of nitrogens with one attached hydrogen (secondary N) is 2. The number of rotatable bonds is 4. The molecule has 0 rings (SSSR count). The molecule has 0 aliphatic rings. The number of aliphatic hydroxyl groups excluding tert-OH is 1. The molecule has 0 unspecified atom stereocenters. The summed E-state index contributed by atoms with van der Waals surface area (Å²) in [6, 6.07) is 0. The van der Waals surface area contributed by atoms with Crippen LogP contribution < -0.4 is 10.6 Å². The van der Waals surface area contributed by atoms with Crippen molar-refractivity contribution < 1.29 is 5.11 Å². The molecule has 3 N–H and O–H groups in total. The first kappa shape index (κ1) is 12.5. The van der Waals surface area contributed by atoms with E-state index in [1.807, 2.05) is 14.0 Å². The van der Waals surface area contributed by atoms with Crippen molar-refractivity contribution in [2.24, 2.45) is 0 Å². The molecule has 0 aromatic carbocycles. The van der Waals surface area contributed by atoms with E-state index in [1.165, 1.54) is 0 Å². The Bertz CT molecular complexity index is 36.6. The molecule has 0 amide bonds. The van der Waals surface area contributed by atoms with E-state index < -0.39 is 0 Å². The summed E-state index contributed by atoms with van der Waals surface area (Å²) in [4.78, 5) is 0. The minimum Gasteiger partial charge on any atom is -0.395 e. The van der Waals surface area contributed by atoms with Gasteiger partial charge in [-0.1, -0.05) is 13.8 Å². The van der Waals surface area contributed by atoms with E-state index in [2.05, 4.69) is 17.6 Å². The molecule has 64 valence electrons. The molecule has 0 bridgehead atoms. The van der Waals surface area contributed by atoms with Gasteiger partial charge in [0.2, 0.25) is 0 Å². The van der Waals surface area contributed by atoms with Crippen molar-refractivity contribution in [1.29, 1.82) is 0 Å². The first-order chi connectivity index (χ1) is 4.83. The van der Waals surface area contributed by atoms with Gasteiger partial charge in [0.25, 0.3) is 0 Å². The van der Waals surface area contributed by atoms with Crippen LogP contribution in [0.1, 0.15) is 13.8 Å². The van der Waals surface area contributed by atoms with E-state index in [0.717, 1.165) is 19.6 Å². The maximum atomic E-state index is 8.13. The number of aliphatic hydroxyl groups is 1. The molecule has 0 saturated carbocycles. The van der Waals surface area contributed by atoms with Crippen LogP contribution in [0.25, 0.3) is 0 Å². The molecule has 0 heterocycles. The lowest BCUT2D eigenvalue weighted by atomic mass is 10.6. The first-order valence-electron chi connectivity index (χ1n) is 3.79. The molecule has 0 aromatic rings. The van der Waals surface area contributed by atoms with E-state index in [0.29, 0.717) is 0 Å². The number of hydrogen-bond donors (Lipinski definition) is 3. The summed E-state index contributed by atoms with van der Waals surface area (Å²) in [7, 11) is 1.93. The lowest BCUT2D eigenvalue weighted by Gasteiger charge is -1.91. The van der Waals surface area contributed by atoms with Crippen LogP contribution in [-0.4, -0.2) is 38.4 Å². The van der Waals surface area contributed by atoms with Gasteiger partial charge in [0, 0.05) is 6.54 Å². The molecule has 0 aliphatic carbocycles. The van der Waals surface area contributed by atoms with E-state index in [4.69, 9.17) is 5.11 Å². The van der Waals surface area contributed by atoms with Crippen molar-refractivity contribution in [3.05, 3.63) is 0 Å². The summed E-state index contributed by atoms with van der Waals surface area (Å²) in [5.74, 6) is 0. The zero-order valence-electron chi connectivity index (χ0n) is 7.28. The fourth-order valence-electron chi connectivity index (χ4n) is 0.256. The minimum atomic E-state index is 0.244. The number of hydrogen-bond acceptors (Lipinski definition) is 3. The van der Waals surface area contributed by atoms with Crippen molar-refractivity contribution in [3.8, 4) is 0 Å². The monoisotopic (exact) mass is 148 g/mol. The molecule has 0 atom stereocenters. The lowest BCUT2D eigenvalue weighted by Crippen LogP contribution is -2.16. The van der Waals surface area contributed by atoms with Gasteiger partial charge in [-0.15, -0.1) is 0 Å². The summed E-state index contributed by atoms with van der Waals surface area (Å²) in [5, 5.41) is 14.0. The SMILES string of the molecule is CCNC.CCNCCO. The highest BCUT2D eigenvalue weighted by Gasteiger charge is 1.72. The smallest absolute Gasteiger partial charge is 0.0555 e. The van der Waals surface area contributed by atoms with E-state index in [1.54, 1.807) is 0 Å². The normalized spacial score (nSPS) is 8.40. The third-order valence-corrected chi connectivity index (χ3v) is 0.892. The molecule has 0 aromatic heterocycles. The maximum Gasteiger partial charge on any atom is 0.0555 e. The second-order valence-electron chi connectivity index (χ2n) is 1.78. The largest absolute Gasteiger partial charge is 0.395 e. The van der Waals surface area contributed by atoms with Crippen LogP contribution in [-0.2, 0) is 0 Å². The molecule has 0 saturated heterocycles. The molecule has 10 heavy (non-hydrogen) atoms. The second-order valence-corrected chi connectivity index (χ2v) is 1.78. The third kappa shape index (κ3) is 24.8. The summed E-state index contributed by atoms with van der Waals surface area (Å²) in [6.45, 7) is 7.06. The average Bonchev–Trinajstić information content (AvgIpc) is 2.01. The van der Waals surface area contributed by atoms with Gasteiger partial charge in [-0.2, -0.15) is 0 Å². The highest BCUT2D eigenvalue weighted by atomic mass is 16.3. The summed E-state index contributed by atoms with van der Waals surface area (Å²) in [5.41, 5.74) is 0. The van der Waals surface area contributed by atoms with Gasteiger partial charge in [0.15, 0.2) is 0 Å². The van der Waals surface area contributed by atoms with Crippen molar-refractivity contribution in [1.82, 2.24) is 10.6 Å². The molecule has 0 spiro atoms. The van der Waals surface area contributed by atoms with Crippen LogP contribution >= 0.6 is 0 Å². The zero-order chi connectivity index (χ0) is 8.24. The van der Waals surface area contributed by atoms with Crippen LogP contribution in [0.2, 0.25) is 0 Å². The number of likely N-dealkylation sites (N-methyl/N-ethyl adjacent to an activating group) is 1. The van der Waals surface area contributed by atoms with Gasteiger partial charge >= 0.3 is 0 Å². The van der Waals surface area contributed by atoms with Gasteiger partial charge in [-0.3, -0.25) is 0 Å². The average molecular weight is 148 g/mol. The van der Waals surface area contributed by atoms with Crippen LogP contribution in [0.4, 0.5) is 0 Å². The van der Waals surface area contributed by atoms with E-state index in [9.17, 15) is 0 Å². The third-order valence-electron chi connectivity index (χ3n) is 0.892. The Hall–Kier alpha value is -0.120. The topological polar surface area (TPSA) is 44.3 Å². The molecule has 0 fully saturated rings. The molecule has 0 radical (unpaired) electrons. The highest BCUT2D eigenvalue weighted by molar-refractivity contribution is 4.35. The molecule has 0 aliphatic heterocycles. The summed E-state index contributed by atoms with van der Waals surface area (Å²) < 4.78 is 0. The minimum absolute atomic E-state index is 0.244. The molecule has 3 nitrogen and oxygen atoms in total. The summed E-state index contributed by atoms with van der Waals surface area (Å²) >= 11 is 0. The Morgan fingerprint density at radius 2 is 1.70 bits per heavy atom. The van der Waals surface area contributed by atoms with Crippen molar-refractivity contribution in [3.63, 3.8) is 0 Å². The Morgan fingerprint density at radius 1 is 1.20 bits per heavy atom. The standard InChI is InChI=1S/C4H11NO.C3H9N/c1-2-5-3-4-6;1-3-4-2/h5-6H,2-4H2,1H3;4H,3H2,1-2H3. The van der Waals surface area contributed by atoms with Gasteiger partial charge in [0.1, 0.15) is 0 Å². The van der Waals surface area contributed by atoms with E-state index in [-0.39, 0.29) is 6.61 Å². The quantitative estimate of drug-likeness (QED) is 0.484. The highest BCUT2D eigenvalue weighted by Crippen LogP contribution is 1.51. The zero-order valence-corrected chi connectivity index (χ0v) is 7.28. The fraction of sp³-hybridized carbons (Fsp3) is 1.00. The van der Waals surface area contributed by atoms with Gasteiger partial charge in [0.05, 0.1) is 6.61 Å². The van der Waals surface area contributed by atoms with Gasteiger partial charge < -0.3 is 15.7 Å². The Balaban J connectivity index is 0. The summed E-state index contributed by atoms with van der Waals surface area (Å²) in [6.07, 6.45) is 0. The first-order valence-corrected chi connectivity index (χ1v) is 3.79. The van der Waals surface area contributed by atoms with E-state index >= 15 is 0 Å². The van der Waals surface area contributed by atoms with Crippen LogP contribution in [0.5, 0.6) is 0 Å². The van der Waals surface area contributed by atoms with Crippen LogP contribution in [0.3, 0.4) is 0 Å². The fourth-order valence-corrected chi connectivity index (χ4v) is 0.256. The van der Waals surface area contributed by atoms with Crippen LogP contribution in [0.15, 0.2) is 0 Å². The molecule has 3 heteroatoms. The second kappa shape index (κ2) is 15.9. The lowest BCUT2D eigenvalue weighted by molar-refractivity contribution is 0.293. The van der Waals surface area contributed by atoms with Crippen molar-refractivity contribution in [2.75, 3.05) is 33.3 Å². The molecular weight excluding hydrogens is 128 g/mol.